The second-order valence-electron chi connectivity index (χ2n) is 10.00. The van der Waals surface area contributed by atoms with E-state index in [-0.39, 0.29) is 17.1 Å². The van der Waals surface area contributed by atoms with E-state index in [0.717, 1.165) is 34.1 Å². The highest BCUT2D eigenvalue weighted by Gasteiger charge is 2.48. The van der Waals surface area contributed by atoms with Gasteiger partial charge in [-0.2, -0.15) is 0 Å². The molecule has 2 N–H and O–H groups in total. The Morgan fingerprint density at radius 3 is 1.83 bits per heavy atom. The molecule has 4 bridgehead atoms. The number of nitro groups is 2. The fraction of sp³-hybridized carbons (Fsp3) is 0.417. The van der Waals surface area contributed by atoms with E-state index < -0.39 is 21.2 Å². The van der Waals surface area contributed by atoms with Crippen molar-refractivity contribution < 1.29 is 9.85 Å². The standard InChI is InChI=1S/C24H23BrN6O4/c25-16-1-3-17(4-2-16)26-23-24(29-22-14-6-12-5-13(8-14)9-15(22)7-12)28-19-11-21(31(34)35)20(30(32)33)10-18(19)27-23/h1-4,10-15,22H,5-9H2,(H,26,27)(H,28,29). The molecule has 7 rings (SSSR count). The third kappa shape index (κ3) is 4.07. The molecular weight excluding hydrogens is 516 g/mol. The van der Waals surface area contributed by atoms with Crippen molar-refractivity contribution in [2.45, 2.75) is 38.1 Å². The fourth-order valence-electron chi connectivity index (χ4n) is 6.55. The number of aromatic nitrogens is 2. The Kier molecular flexibility index (Phi) is 5.32. The minimum atomic E-state index is -0.762. The summed E-state index contributed by atoms with van der Waals surface area (Å²) in [4.78, 5) is 30.8. The van der Waals surface area contributed by atoms with E-state index >= 15 is 0 Å². The molecular formula is C24H23BrN6O4. The molecule has 0 spiro atoms. The van der Waals surface area contributed by atoms with Gasteiger partial charge in [0.25, 0.3) is 0 Å². The summed E-state index contributed by atoms with van der Waals surface area (Å²) in [5, 5.41) is 29.9. The van der Waals surface area contributed by atoms with Crippen LogP contribution in [0.1, 0.15) is 32.1 Å². The molecule has 11 heteroatoms. The van der Waals surface area contributed by atoms with E-state index in [2.05, 4.69) is 31.5 Å². The lowest BCUT2D eigenvalue weighted by Gasteiger charge is -2.54. The maximum atomic E-state index is 11.5. The number of rotatable bonds is 6. The first kappa shape index (κ1) is 22.1. The average molecular weight is 539 g/mol. The van der Waals surface area contributed by atoms with Gasteiger partial charge in [-0.1, -0.05) is 15.9 Å². The predicted octanol–water partition coefficient (Wildman–Crippen LogP) is 6.19. The Morgan fingerprint density at radius 2 is 1.31 bits per heavy atom. The molecule has 2 aromatic carbocycles. The monoisotopic (exact) mass is 538 g/mol. The second-order valence-corrected chi connectivity index (χ2v) is 10.9. The summed E-state index contributed by atoms with van der Waals surface area (Å²) in [6.45, 7) is 0. The second kappa shape index (κ2) is 8.40. The van der Waals surface area contributed by atoms with Gasteiger partial charge in [0.2, 0.25) is 0 Å². The zero-order valence-corrected chi connectivity index (χ0v) is 20.3. The first-order chi connectivity index (χ1) is 16.8. The molecule has 4 fully saturated rings. The highest BCUT2D eigenvalue weighted by atomic mass is 79.9. The summed E-state index contributed by atoms with van der Waals surface area (Å²) in [6.07, 6.45) is 6.24. The number of benzene rings is 2. The molecule has 0 saturated heterocycles. The van der Waals surface area contributed by atoms with Gasteiger partial charge in [0.1, 0.15) is 0 Å². The molecule has 0 amide bonds. The summed E-state index contributed by atoms with van der Waals surface area (Å²) in [6, 6.07) is 10.1. The van der Waals surface area contributed by atoms with E-state index in [9.17, 15) is 20.2 Å². The van der Waals surface area contributed by atoms with Crippen LogP contribution in [0.2, 0.25) is 0 Å². The minimum Gasteiger partial charge on any atom is -0.364 e. The van der Waals surface area contributed by atoms with Gasteiger partial charge in [0.15, 0.2) is 11.6 Å². The summed E-state index contributed by atoms with van der Waals surface area (Å²) in [5.41, 5.74) is 0.0537. The molecule has 35 heavy (non-hydrogen) atoms. The lowest BCUT2D eigenvalue weighted by atomic mass is 9.54. The summed E-state index contributed by atoms with van der Waals surface area (Å²) < 4.78 is 0.933. The maximum absolute atomic E-state index is 11.5. The van der Waals surface area contributed by atoms with Crippen LogP contribution in [-0.4, -0.2) is 25.9 Å². The van der Waals surface area contributed by atoms with Crippen molar-refractivity contribution in [3.63, 3.8) is 0 Å². The third-order valence-corrected chi connectivity index (χ3v) is 8.32. The maximum Gasteiger partial charge on any atom is 0.348 e. The van der Waals surface area contributed by atoms with Crippen molar-refractivity contribution in [3.8, 4) is 0 Å². The van der Waals surface area contributed by atoms with Gasteiger partial charge in [0, 0.05) is 16.2 Å². The first-order valence-electron chi connectivity index (χ1n) is 11.8. The zero-order chi connectivity index (χ0) is 24.3. The Hall–Kier alpha value is -3.34. The Labute approximate surface area is 209 Å². The highest BCUT2D eigenvalue weighted by molar-refractivity contribution is 9.10. The van der Waals surface area contributed by atoms with Crippen LogP contribution in [0.25, 0.3) is 11.0 Å². The number of nitrogens with one attached hydrogen (secondary N) is 2. The van der Waals surface area contributed by atoms with Crippen LogP contribution in [0.4, 0.5) is 28.7 Å². The molecule has 0 atom stereocenters. The molecule has 1 aromatic heterocycles. The summed E-state index contributed by atoms with van der Waals surface area (Å²) in [7, 11) is 0. The van der Waals surface area contributed by atoms with Crippen LogP contribution in [0.5, 0.6) is 0 Å². The van der Waals surface area contributed by atoms with Gasteiger partial charge in [-0.05, 0) is 80.0 Å². The van der Waals surface area contributed by atoms with Crippen LogP contribution >= 0.6 is 15.9 Å². The molecule has 0 aliphatic heterocycles. The molecule has 0 radical (unpaired) electrons. The normalized spacial score (nSPS) is 26.6. The first-order valence-corrected chi connectivity index (χ1v) is 12.6. The number of fused-ring (bicyclic) bond motifs is 1. The van der Waals surface area contributed by atoms with E-state index in [0.29, 0.717) is 23.5 Å². The number of nitrogens with zero attached hydrogens (tertiary/aromatic N) is 4. The van der Waals surface area contributed by atoms with Gasteiger partial charge in [-0.3, -0.25) is 20.2 Å². The molecule has 10 nitrogen and oxygen atoms in total. The van der Waals surface area contributed by atoms with Crippen molar-refractivity contribution >= 4 is 55.7 Å². The number of nitro benzene ring substituents is 2. The lowest BCUT2D eigenvalue weighted by Crippen LogP contribution is -2.51. The molecule has 1 heterocycles. The third-order valence-electron chi connectivity index (χ3n) is 7.79. The topological polar surface area (TPSA) is 136 Å². The highest BCUT2D eigenvalue weighted by Crippen LogP contribution is 2.54. The lowest BCUT2D eigenvalue weighted by molar-refractivity contribution is -0.422. The van der Waals surface area contributed by atoms with Gasteiger partial charge < -0.3 is 10.6 Å². The van der Waals surface area contributed by atoms with E-state index in [1.807, 2.05) is 24.3 Å². The molecule has 180 valence electrons. The van der Waals surface area contributed by atoms with Crippen molar-refractivity contribution in [2.24, 2.45) is 23.7 Å². The fourth-order valence-corrected chi connectivity index (χ4v) is 6.81. The smallest absolute Gasteiger partial charge is 0.348 e. The van der Waals surface area contributed by atoms with Crippen LogP contribution in [0.3, 0.4) is 0 Å². The van der Waals surface area contributed by atoms with Crippen LogP contribution in [-0.2, 0) is 0 Å². The van der Waals surface area contributed by atoms with E-state index in [4.69, 9.17) is 4.98 Å². The largest absolute Gasteiger partial charge is 0.364 e. The Bertz CT molecular complexity index is 1320. The van der Waals surface area contributed by atoms with Crippen molar-refractivity contribution in [1.29, 1.82) is 0 Å². The van der Waals surface area contributed by atoms with E-state index in [1.54, 1.807) is 0 Å². The summed E-state index contributed by atoms with van der Waals surface area (Å²) in [5.74, 6) is 3.76. The Balaban J connectivity index is 1.43. The number of halogens is 1. The van der Waals surface area contributed by atoms with Gasteiger partial charge in [-0.15, -0.1) is 0 Å². The average Bonchev–Trinajstić information content (AvgIpc) is 2.81. The zero-order valence-electron chi connectivity index (χ0n) is 18.7. The van der Waals surface area contributed by atoms with Gasteiger partial charge in [-0.25, -0.2) is 9.97 Å². The predicted molar refractivity (Wildman–Crippen MR) is 135 cm³/mol. The van der Waals surface area contributed by atoms with Crippen molar-refractivity contribution in [1.82, 2.24) is 9.97 Å². The number of anilines is 3. The van der Waals surface area contributed by atoms with Crippen molar-refractivity contribution in [3.05, 3.63) is 61.1 Å². The SMILES string of the molecule is O=[N+]([O-])c1cc2nc(Nc3ccc(Br)cc3)c(NC3C4CC5CC(C4)CC3C5)nc2cc1[N+](=O)[O-]. The quantitative estimate of drug-likeness (QED) is 0.280. The van der Waals surface area contributed by atoms with Crippen LogP contribution < -0.4 is 10.6 Å². The van der Waals surface area contributed by atoms with Gasteiger partial charge >= 0.3 is 11.4 Å². The number of hydrogen-bond acceptors (Lipinski definition) is 8. The van der Waals surface area contributed by atoms with Gasteiger partial charge in [0.05, 0.1) is 33.0 Å². The summed E-state index contributed by atoms with van der Waals surface area (Å²) >= 11 is 3.43. The molecule has 4 saturated carbocycles. The molecule has 0 unspecified atom stereocenters. The van der Waals surface area contributed by atoms with E-state index in [1.165, 1.54) is 32.1 Å². The number of hydrogen-bond donors (Lipinski definition) is 2. The van der Waals surface area contributed by atoms with Crippen molar-refractivity contribution in [2.75, 3.05) is 10.6 Å². The van der Waals surface area contributed by atoms with Crippen LogP contribution in [0, 0.1) is 43.9 Å². The Morgan fingerprint density at radius 1 is 0.800 bits per heavy atom. The minimum absolute atomic E-state index is 0.220. The van der Waals surface area contributed by atoms with Crippen LogP contribution in [0.15, 0.2) is 40.9 Å². The molecule has 3 aromatic rings. The molecule has 4 aliphatic rings. The molecule has 4 aliphatic carbocycles.